The van der Waals surface area contributed by atoms with Gasteiger partial charge in [0.25, 0.3) is 0 Å². The number of thioether (sulfide) groups is 1. The Hall–Kier alpha value is -0.840. The number of hydrogen-bond donors (Lipinski definition) is 2. The van der Waals surface area contributed by atoms with E-state index in [-0.39, 0.29) is 14.9 Å². The van der Waals surface area contributed by atoms with Gasteiger partial charge < -0.3 is 5.32 Å². The zero-order chi connectivity index (χ0) is 14.8. The first kappa shape index (κ1) is 15.5. The highest BCUT2D eigenvalue weighted by Gasteiger charge is 2.26. The van der Waals surface area contributed by atoms with Crippen LogP contribution in [0.4, 0.5) is 10.7 Å². The summed E-state index contributed by atoms with van der Waals surface area (Å²) < 4.78 is 26.8. The predicted molar refractivity (Wildman–Crippen MR) is 81.1 cm³/mol. The Morgan fingerprint density at radius 3 is 2.80 bits per heavy atom. The van der Waals surface area contributed by atoms with Gasteiger partial charge >= 0.3 is 5.69 Å². The monoisotopic (exact) mass is 337 g/mol. The maximum Gasteiger partial charge on any atom is 0.304 e. The first-order valence-electron chi connectivity index (χ1n) is 5.97. The van der Waals surface area contributed by atoms with Gasteiger partial charge in [-0.15, -0.1) is 0 Å². The van der Waals surface area contributed by atoms with E-state index in [1.54, 1.807) is 0 Å². The lowest BCUT2D eigenvalue weighted by Gasteiger charge is -2.09. The van der Waals surface area contributed by atoms with E-state index < -0.39 is 14.9 Å². The summed E-state index contributed by atoms with van der Waals surface area (Å²) >= 11 is 2.68. The molecular weight excluding hydrogens is 322 g/mol. The van der Waals surface area contributed by atoms with Crippen LogP contribution in [-0.4, -0.2) is 38.4 Å². The van der Waals surface area contributed by atoms with Crippen LogP contribution in [0.5, 0.6) is 0 Å². The van der Waals surface area contributed by atoms with Crippen LogP contribution in [-0.2, 0) is 10.0 Å². The summed E-state index contributed by atoms with van der Waals surface area (Å²) in [4.78, 5) is 10.3. The number of thiophene rings is 1. The molecular formula is C10H15N3O4S3. The van der Waals surface area contributed by atoms with E-state index in [0.29, 0.717) is 12.5 Å². The Labute approximate surface area is 125 Å². The van der Waals surface area contributed by atoms with Gasteiger partial charge in [0, 0.05) is 19.7 Å². The molecule has 10 heteroatoms. The highest BCUT2D eigenvalue weighted by Crippen LogP contribution is 2.36. The molecule has 1 fully saturated rings. The lowest BCUT2D eigenvalue weighted by molar-refractivity contribution is -0.383. The van der Waals surface area contributed by atoms with Gasteiger partial charge in [-0.05, 0) is 23.8 Å². The molecule has 0 spiro atoms. The maximum absolute atomic E-state index is 12.1. The third-order valence-corrected chi connectivity index (χ3v) is 7.23. The van der Waals surface area contributed by atoms with Crippen LogP contribution < -0.4 is 10.0 Å². The van der Waals surface area contributed by atoms with E-state index in [9.17, 15) is 18.5 Å². The lowest BCUT2D eigenvalue weighted by Crippen LogP contribution is -2.28. The Balaban J connectivity index is 2.14. The molecule has 1 unspecified atom stereocenters. The van der Waals surface area contributed by atoms with Crippen LogP contribution >= 0.6 is 23.1 Å². The Bertz CT molecular complexity index is 593. The fraction of sp³-hybridized carbons (Fsp3) is 0.600. The van der Waals surface area contributed by atoms with Crippen molar-refractivity contribution in [2.45, 2.75) is 10.6 Å². The molecule has 1 atom stereocenters. The largest absolute Gasteiger partial charge is 0.374 e. The van der Waals surface area contributed by atoms with E-state index in [1.807, 2.05) is 11.8 Å². The number of hydrogen-bond acceptors (Lipinski definition) is 7. The number of rotatable bonds is 6. The molecule has 1 aromatic rings. The van der Waals surface area contributed by atoms with Gasteiger partial charge in [0.1, 0.15) is 4.21 Å². The smallest absolute Gasteiger partial charge is 0.304 e. The number of nitro groups is 1. The first-order chi connectivity index (χ1) is 9.44. The second-order valence-corrected chi connectivity index (χ2v) is 8.56. The summed E-state index contributed by atoms with van der Waals surface area (Å²) in [5, 5.41) is 13.7. The van der Waals surface area contributed by atoms with Gasteiger partial charge in [0.15, 0.2) is 5.00 Å². The van der Waals surface area contributed by atoms with E-state index in [2.05, 4.69) is 10.0 Å². The minimum atomic E-state index is -3.68. The fourth-order valence-corrected chi connectivity index (χ4v) is 5.58. The van der Waals surface area contributed by atoms with Crippen molar-refractivity contribution in [1.82, 2.24) is 4.72 Å². The van der Waals surface area contributed by atoms with Crippen LogP contribution in [0.3, 0.4) is 0 Å². The summed E-state index contributed by atoms with van der Waals surface area (Å²) in [7, 11) is -2.15. The van der Waals surface area contributed by atoms with Crippen molar-refractivity contribution >= 4 is 43.8 Å². The Morgan fingerprint density at radius 1 is 1.55 bits per heavy atom. The molecule has 0 aliphatic carbocycles. The quantitative estimate of drug-likeness (QED) is 0.605. The zero-order valence-corrected chi connectivity index (χ0v) is 13.2. The number of nitrogens with one attached hydrogen (secondary N) is 2. The number of nitrogens with zero attached hydrogens (tertiary/aromatic N) is 1. The molecule has 2 rings (SSSR count). The van der Waals surface area contributed by atoms with E-state index in [4.69, 9.17) is 0 Å². The Morgan fingerprint density at radius 2 is 2.30 bits per heavy atom. The number of sulfonamides is 1. The second kappa shape index (κ2) is 6.29. The van der Waals surface area contributed by atoms with Crippen LogP contribution in [0, 0.1) is 16.0 Å². The van der Waals surface area contributed by atoms with Gasteiger partial charge in [0.05, 0.1) is 4.92 Å². The van der Waals surface area contributed by atoms with Crippen molar-refractivity contribution in [2.24, 2.45) is 5.92 Å². The summed E-state index contributed by atoms with van der Waals surface area (Å²) in [5.41, 5.74) is -0.214. The molecule has 20 heavy (non-hydrogen) atoms. The second-order valence-electron chi connectivity index (χ2n) is 4.37. The molecule has 7 nitrogen and oxygen atoms in total. The van der Waals surface area contributed by atoms with Gasteiger partial charge in [0.2, 0.25) is 10.0 Å². The highest BCUT2D eigenvalue weighted by molar-refractivity contribution is 7.99. The van der Waals surface area contributed by atoms with Crippen LogP contribution in [0.25, 0.3) is 0 Å². The fourth-order valence-electron chi connectivity index (χ4n) is 1.85. The molecule has 0 aromatic carbocycles. The van der Waals surface area contributed by atoms with Crippen molar-refractivity contribution in [3.63, 3.8) is 0 Å². The minimum absolute atomic E-state index is 0.0285. The highest BCUT2D eigenvalue weighted by atomic mass is 32.2. The van der Waals surface area contributed by atoms with Crippen LogP contribution in [0.1, 0.15) is 6.42 Å². The molecule has 2 heterocycles. The molecule has 112 valence electrons. The van der Waals surface area contributed by atoms with E-state index in [0.717, 1.165) is 35.3 Å². The van der Waals surface area contributed by atoms with Gasteiger partial charge in [-0.2, -0.15) is 11.8 Å². The Kier molecular flexibility index (Phi) is 4.89. The van der Waals surface area contributed by atoms with E-state index in [1.165, 1.54) is 7.05 Å². The standard InChI is InChI=1S/C10H15N3O4S3/c1-11-10-8(13(14)15)4-9(19-10)20(16,17)12-5-7-2-3-18-6-7/h4,7,11-12H,2-3,5-6H2,1H3. The average Bonchev–Trinajstić information content (AvgIpc) is 3.05. The maximum atomic E-state index is 12.1. The third-order valence-electron chi connectivity index (χ3n) is 2.96. The van der Waals surface area contributed by atoms with Crippen molar-refractivity contribution in [2.75, 3.05) is 30.4 Å². The van der Waals surface area contributed by atoms with Crippen molar-refractivity contribution < 1.29 is 13.3 Å². The van der Waals surface area contributed by atoms with Gasteiger partial charge in [-0.25, -0.2) is 13.1 Å². The van der Waals surface area contributed by atoms with Crippen LogP contribution in [0.15, 0.2) is 10.3 Å². The average molecular weight is 337 g/mol. The molecule has 0 saturated carbocycles. The summed E-state index contributed by atoms with van der Waals surface area (Å²) in [6, 6.07) is 1.10. The van der Waals surface area contributed by atoms with Gasteiger partial charge in [-0.1, -0.05) is 11.3 Å². The van der Waals surface area contributed by atoms with Crippen molar-refractivity contribution in [3.8, 4) is 0 Å². The predicted octanol–water partition coefficient (Wildman–Crippen LogP) is 1.73. The van der Waals surface area contributed by atoms with Crippen molar-refractivity contribution in [3.05, 3.63) is 16.2 Å². The molecule has 0 amide bonds. The topological polar surface area (TPSA) is 101 Å². The normalized spacial score (nSPS) is 19.1. The van der Waals surface area contributed by atoms with Gasteiger partial charge in [-0.3, -0.25) is 10.1 Å². The minimum Gasteiger partial charge on any atom is -0.374 e. The summed E-state index contributed by atoms with van der Waals surface area (Å²) in [5.74, 6) is 2.35. The molecule has 1 aliphatic rings. The number of anilines is 1. The molecule has 2 N–H and O–H groups in total. The first-order valence-corrected chi connectivity index (χ1v) is 9.43. The van der Waals surface area contributed by atoms with E-state index >= 15 is 0 Å². The molecule has 1 saturated heterocycles. The zero-order valence-electron chi connectivity index (χ0n) is 10.8. The summed E-state index contributed by atoms with van der Waals surface area (Å²) in [6.45, 7) is 0.385. The molecule has 1 aliphatic heterocycles. The molecule has 0 radical (unpaired) electrons. The molecule has 0 bridgehead atoms. The summed E-state index contributed by atoms with van der Waals surface area (Å²) in [6.07, 6.45) is 1.000. The van der Waals surface area contributed by atoms with Crippen molar-refractivity contribution in [1.29, 1.82) is 0 Å². The SMILES string of the molecule is CNc1sc(S(=O)(=O)NCC2CCSC2)cc1[N+](=O)[O-]. The lowest BCUT2D eigenvalue weighted by atomic mass is 10.1. The third kappa shape index (κ3) is 3.43. The molecule has 1 aromatic heterocycles. The van der Waals surface area contributed by atoms with Crippen LogP contribution in [0.2, 0.25) is 0 Å².